The van der Waals surface area contributed by atoms with E-state index in [0.29, 0.717) is 18.2 Å². The summed E-state index contributed by atoms with van der Waals surface area (Å²) in [5.41, 5.74) is 4.36. The quantitative estimate of drug-likeness (QED) is 0.636. The van der Waals surface area contributed by atoms with Crippen LogP contribution in [0.5, 0.6) is 5.75 Å². The van der Waals surface area contributed by atoms with E-state index >= 15 is 0 Å². The van der Waals surface area contributed by atoms with Crippen LogP contribution in [0.25, 0.3) is 22.3 Å². The molecule has 9 heteroatoms. The lowest BCUT2D eigenvalue weighted by Crippen LogP contribution is -2.16. The van der Waals surface area contributed by atoms with Gasteiger partial charge in [0, 0.05) is 30.4 Å². The third kappa shape index (κ3) is 3.56. The highest BCUT2D eigenvalue weighted by atomic mass is 35.5. The number of methoxy groups -OCH3 is 1. The number of hydrogen-bond donors (Lipinski definition) is 3. The van der Waals surface area contributed by atoms with E-state index in [1.807, 2.05) is 18.2 Å². The lowest BCUT2D eigenvalue weighted by molar-refractivity contribution is 0.186. The Hall–Kier alpha value is -2.84. The van der Waals surface area contributed by atoms with E-state index in [2.05, 4.69) is 36.4 Å². The number of hydrogen-bond acceptors (Lipinski definition) is 6. The minimum Gasteiger partial charge on any atom is -0.492 e. The van der Waals surface area contributed by atoms with Crippen LogP contribution >= 0.6 is 12.4 Å². The highest BCUT2D eigenvalue weighted by Crippen LogP contribution is 2.28. The molecule has 3 aromatic rings. The number of nitrogens with zero attached hydrogens (tertiary/aromatic N) is 2. The molecule has 8 nitrogen and oxygen atoms in total. The van der Waals surface area contributed by atoms with Gasteiger partial charge in [0.2, 0.25) is 5.95 Å². The number of aromatic amines is 1. The van der Waals surface area contributed by atoms with Crippen LogP contribution in [0.4, 0.5) is 10.7 Å². The number of aromatic nitrogens is 3. The zero-order valence-corrected chi connectivity index (χ0v) is 14.9. The monoisotopic (exact) mass is 375 g/mol. The summed E-state index contributed by atoms with van der Waals surface area (Å²) in [6, 6.07) is 8.04. The number of halogens is 1. The molecule has 26 heavy (non-hydrogen) atoms. The molecular weight excluding hydrogens is 358 g/mol. The Bertz CT molecular complexity index is 943. The molecule has 0 fully saturated rings. The Morgan fingerprint density at radius 2 is 2.19 bits per heavy atom. The molecule has 0 radical (unpaired) electrons. The van der Waals surface area contributed by atoms with Crippen LogP contribution in [-0.4, -0.2) is 41.3 Å². The van der Waals surface area contributed by atoms with Crippen LogP contribution in [0.1, 0.15) is 5.56 Å². The number of carbonyl (C=O) groups excluding carboxylic acids is 1. The first-order valence-electron chi connectivity index (χ1n) is 7.90. The van der Waals surface area contributed by atoms with E-state index < -0.39 is 6.09 Å². The Morgan fingerprint density at radius 3 is 3.04 bits per heavy atom. The minimum absolute atomic E-state index is 0. The fraction of sp³-hybridized carbons (Fsp3) is 0.235. The van der Waals surface area contributed by atoms with Crippen LogP contribution in [0.15, 0.2) is 30.5 Å². The Balaban J connectivity index is 0.00000196. The molecule has 1 aliphatic heterocycles. The molecule has 0 atom stereocenters. The SMILES string of the molecule is COC(=O)Nc1nc2ncc(-c3ccc4c(c3)CNCCO4)cc2[nH]1.Cl. The number of amides is 1. The van der Waals surface area contributed by atoms with Gasteiger partial charge in [0.1, 0.15) is 12.4 Å². The van der Waals surface area contributed by atoms with E-state index in [-0.39, 0.29) is 12.4 Å². The second-order valence-electron chi connectivity index (χ2n) is 5.64. The first-order chi connectivity index (χ1) is 12.2. The zero-order valence-electron chi connectivity index (χ0n) is 14.0. The first-order valence-corrected chi connectivity index (χ1v) is 7.90. The van der Waals surface area contributed by atoms with Crippen molar-refractivity contribution in [2.45, 2.75) is 6.54 Å². The number of rotatable bonds is 2. The van der Waals surface area contributed by atoms with Gasteiger partial charge in [-0.15, -0.1) is 12.4 Å². The number of anilines is 1. The molecule has 0 unspecified atom stereocenters. The van der Waals surface area contributed by atoms with Gasteiger partial charge in [-0.2, -0.15) is 4.98 Å². The largest absolute Gasteiger partial charge is 0.492 e. The Morgan fingerprint density at radius 1 is 1.31 bits per heavy atom. The molecule has 3 N–H and O–H groups in total. The third-order valence-corrected chi connectivity index (χ3v) is 3.99. The Labute approximate surface area is 155 Å². The molecule has 0 spiro atoms. The molecule has 3 heterocycles. The fourth-order valence-electron chi connectivity index (χ4n) is 2.76. The van der Waals surface area contributed by atoms with Crippen molar-refractivity contribution in [2.24, 2.45) is 0 Å². The molecule has 0 saturated heterocycles. The van der Waals surface area contributed by atoms with Crippen LogP contribution in [-0.2, 0) is 11.3 Å². The smallest absolute Gasteiger partial charge is 0.413 e. The summed E-state index contributed by atoms with van der Waals surface area (Å²) in [7, 11) is 1.30. The van der Waals surface area contributed by atoms with Crippen molar-refractivity contribution in [3.05, 3.63) is 36.0 Å². The lowest BCUT2D eigenvalue weighted by atomic mass is 10.0. The fourth-order valence-corrected chi connectivity index (χ4v) is 2.76. The molecule has 0 saturated carbocycles. The standard InChI is InChI=1S/C17H17N5O3.ClH/c1-24-17(23)22-16-20-13-7-11(9-19-15(13)21-16)10-2-3-14-12(6-10)8-18-4-5-25-14;/h2-3,6-7,9,18H,4-5,8H2,1H3,(H2,19,20,21,22,23);1H. The summed E-state index contributed by atoms with van der Waals surface area (Å²) in [5.74, 6) is 1.21. The van der Waals surface area contributed by atoms with E-state index in [1.165, 1.54) is 7.11 Å². The number of pyridine rings is 1. The van der Waals surface area contributed by atoms with Gasteiger partial charge in [-0.05, 0) is 23.8 Å². The second-order valence-corrected chi connectivity index (χ2v) is 5.64. The number of fused-ring (bicyclic) bond motifs is 2. The normalized spacial score (nSPS) is 13.1. The topological polar surface area (TPSA) is 101 Å². The molecule has 1 aromatic carbocycles. The van der Waals surface area contributed by atoms with E-state index in [0.717, 1.165) is 41.0 Å². The maximum absolute atomic E-state index is 11.3. The molecular formula is C17H18ClN5O3. The average Bonchev–Trinajstić information content (AvgIpc) is 2.87. The van der Waals surface area contributed by atoms with Crippen molar-refractivity contribution >= 4 is 35.6 Å². The number of ether oxygens (including phenoxy) is 2. The van der Waals surface area contributed by atoms with E-state index in [4.69, 9.17) is 4.74 Å². The van der Waals surface area contributed by atoms with Gasteiger partial charge in [0.15, 0.2) is 5.65 Å². The molecule has 1 aliphatic rings. The van der Waals surface area contributed by atoms with Crippen molar-refractivity contribution in [3.8, 4) is 16.9 Å². The van der Waals surface area contributed by atoms with Gasteiger partial charge in [-0.1, -0.05) is 6.07 Å². The molecule has 0 aliphatic carbocycles. The van der Waals surface area contributed by atoms with Gasteiger partial charge in [0.25, 0.3) is 0 Å². The summed E-state index contributed by atoms with van der Waals surface area (Å²) in [6.07, 6.45) is 1.18. The number of carbonyl (C=O) groups is 1. The summed E-state index contributed by atoms with van der Waals surface area (Å²) in [4.78, 5) is 22.9. The minimum atomic E-state index is -0.586. The number of benzene rings is 1. The van der Waals surface area contributed by atoms with Crippen molar-refractivity contribution in [3.63, 3.8) is 0 Å². The van der Waals surface area contributed by atoms with Crippen LogP contribution in [0.3, 0.4) is 0 Å². The molecule has 0 bridgehead atoms. The molecule has 136 valence electrons. The van der Waals surface area contributed by atoms with Gasteiger partial charge in [0.05, 0.1) is 12.6 Å². The summed E-state index contributed by atoms with van der Waals surface area (Å²) < 4.78 is 10.3. The highest BCUT2D eigenvalue weighted by molar-refractivity contribution is 5.86. The van der Waals surface area contributed by atoms with Crippen molar-refractivity contribution in [2.75, 3.05) is 25.6 Å². The van der Waals surface area contributed by atoms with Crippen molar-refractivity contribution in [1.29, 1.82) is 0 Å². The van der Waals surface area contributed by atoms with Gasteiger partial charge < -0.3 is 19.8 Å². The molecule has 4 rings (SSSR count). The first kappa shape index (κ1) is 18.0. The van der Waals surface area contributed by atoms with E-state index in [1.54, 1.807) is 6.20 Å². The third-order valence-electron chi connectivity index (χ3n) is 3.99. The van der Waals surface area contributed by atoms with Crippen LogP contribution < -0.4 is 15.4 Å². The maximum atomic E-state index is 11.3. The predicted molar refractivity (Wildman–Crippen MR) is 99.8 cm³/mol. The summed E-state index contributed by atoms with van der Waals surface area (Å²) >= 11 is 0. The summed E-state index contributed by atoms with van der Waals surface area (Å²) in [6.45, 7) is 2.28. The van der Waals surface area contributed by atoms with Gasteiger partial charge in [-0.3, -0.25) is 5.32 Å². The van der Waals surface area contributed by atoms with Crippen molar-refractivity contribution < 1.29 is 14.3 Å². The van der Waals surface area contributed by atoms with Gasteiger partial charge >= 0.3 is 6.09 Å². The average molecular weight is 376 g/mol. The van der Waals surface area contributed by atoms with Gasteiger partial charge in [-0.25, -0.2) is 9.78 Å². The number of H-pyrrole nitrogens is 1. The number of imidazole rings is 1. The second kappa shape index (κ2) is 7.59. The Kier molecular flexibility index (Phi) is 5.24. The molecule has 2 aromatic heterocycles. The predicted octanol–water partition coefficient (Wildman–Crippen LogP) is 2.71. The number of nitrogens with one attached hydrogen (secondary N) is 3. The van der Waals surface area contributed by atoms with E-state index in [9.17, 15) is 4.79 Å². The van der Waals surface area contributed by atoms with Crippen LogP contribution in [0.2, 0.25) is 0 Å². The van der Waals surface area contributed by atoms with Crippen LogP contribution in [0, 0.1) is 0 Å². The van der Waals surface area contributed by atoms with Crippen molar-refractivity contribution in [1.82, 2.24) is 20.3 Å². The molecule has 1 amide bonds. The maximum Gasteiger partial charge on any atom is 0.413 e. The lowest BCUT2D eigenvalue weighted by Gasteiger charge is -2.09. The summed E-state index contributed by atoms with van der Waals surface area (Å²) in [5, 5.41) is 5.83. The highest BCUT2D eigenvalue weighted by Gasteiger charge is 2.12. The zero-order chi connectivity index (χ0) is 17.2.